The van der Waals surface area contributed by atoms with Crippen LogP contribution in [-0.2, 0) is 12.6 Å². The molecule has 0 spiro atoms. The third-order valence-corrected chi connectivity index (χ3v) is 6.55. The van der Waals surface area contributed by atoms with Gasteiger partial charge in [-0.2, -0.15) is 13.2 Å². The predicted octanol–water partition coefficient (Wildman–Crippen LogP) is 6.01. The zero-order valence-electron chi connectivity index (χ0n) is 18.3. The molecule has 3 N–H and O–H groups in total. The first-order valence-electron chi connectivity index (χ1n) is 10.8. The fourth-order valence-electron chi connectivity index (χ4n) is 3.74. The average Bonchev–Trinajstić information content (AvgIpc) is 3.52. The summed E-state index contributed by atoms with van der Waals surface area (Å²) < 4.78 is 43.8. The number of alkyl halides is 3. The summed E-state index contributed by atoms with van der Waals surface area (Å²) in [6.07, 6.45) is 2.61. The Kier molecular flexibility index (Phi) is 6.23. The van der Waals surface area contributed by atoms with E-state index in [4.69, 9.17) is 15.1 Å². The minimum Gasteiger partial charge on any atom is -0.442 e. The molecule has 0 unspecified atom stereocenters. The van der Waals surface area contributed by atoms with Crippen LogP contribution in [0.15, 0.2) is 77.9 Å². The highest BCUT2D eigenvalue weighted by atomic mass is 32.1. The number of oxazole rings is 1. The van der Waals surface area contributed by atoms with E-state index in [0.29, 0.717) is 29.6 Å². The number of pyridine rings is 1. The van der Waals surface area contributed by atoms with E-state index in [9.17, 15) is 13.2 Å². The Hall–Kier alpha value is -3.76. The number of nitrogens with two attached hydrogens (primary N) is 1. The fraction of sp³-hybridized carbons (Fsp3) is 0.160. The molecule has 5 aromatic rings. The van der Waals surface area contributed by atoms with Crippen molar-refractivity contribution >= 4 is 27.2 Å². The van der Waals surface area contributed by atoms with Gasteiger partial charge in [0.15, 0.2) is 17.3 Å². The topological polar surface area (TPSA) is 89.9 Å². The number of thiazole rings is 1. The lowest BCUT2D eigenvalue weighted by atomic mass is 10.0. The Morgan fingerprint density at radius 1 is 1.00 bits per heavy atom. The number of fused-ring (bicyclic) bond motifs is 1. The van der Waals surface area contributed by atoms with Crippen LogP contribution in [0.4, 0.5) is 18.3 Å². The largest absolute Gasteiger partial charge is 0.442 e. The van der Waals surface area contributed by atoms with Crippen molar-refractivity contribution in [2.45, 2.75) is 18.6 Å². The summed E-state index contributed by atoms with van der Waals surface area (Å²) in [7, 11) is 0. The zero-order valence-corrected chi connectivity index (χ0v) is 19.1. The van der Waals surface area contributed by atoms with E-state index in [2.05, 4.69) is 21.4 Å². The van der Waals surface area contributed by atoms with Gasteiger partial charge in [0.1, 0.15) is 5.69 Å². The zero-order chi connectivity index (χ0) is 24.4. The molecule has 0 fully saturated rings. The van der Waals surface area contributed by atoms with E-state index >= 15 is 0 Å². The number of halogens is 3. The van der Waals surface area contributed by atoms with Gasteiger partial charge in [0, 0.05) is 30.4 Å². The van der Waals surface area contributed by atoms with Crippen molar-refractivity contribution in [1.29, 1.82) is 0 Å². The Morgan fingerprint density at radius 2 is 1.83 bits per heavy atom. The summed E-state index contributed by atoms with van der Waals surface area (Å²) in [5, 5.41) is 6.01. The molecule has 0 amide bonds. The van der Waals surface area contributed by atoms with Crippen molar-refractivity contribution in [3.63, 3.8) is 0 Å². The molecule has 0 aliphatic carbocycles. The summed E-state index contributed by atoms with van der Waals surface area (Å²) in [6.45, 7) is 0.396. The molecule has 10 heteroatoms. The van der Waals surface area contributed by atoms with Crippen molar-refractivity contribution in [3.8, 4) is 21.9 Å². The molecule has 5 rings (SSSR count). The summed E-state index contributed by atoms with van der Waals surface area (Å²) in [6, 6.07) is 12.8. The Bertz CT molecular complexity index is 1430. The predicted molar refractivity (Wildman–Crippen MR) is 130 cm³/mol. The maximum atomic E-state index is 12.8. The molecule has 0 bridgehead atoms. The molecule has 0 saturated heterocycles. The SMILES string of the molecule is N[C@@H](CNc1nc(-c2cnco2)c(-c2ccc3cnccc3c2)s1)Cc1ccc(C(F)(F)F)cc1. The molecule has 6 nitrogen and oxygen atoms in total. The number of rotatable bonds is 7. The molecule has 3 aromatic heterocycles. The third-order valence-electron chi connectivity index (χ3n) is 5.49. The van der Waals surface area contributed by atoms with Crippen molar-refractivity contribution in [1.82, 2.24) is 15.0 Å². The molecule has 1 atom stereocenters. The van der Waals surface area contributed by atoms with E-state index < -0.39 is 11.7 Å². The van der Waals surface area contributed by atoms with Crippen LogP contribution in [0.3, 0.4) is 0 Å². The molecule has 0 aliphatic heterocycles. The Labute approximate surface area is 202 Å². The average molecular weight is 496 g/mol. The summed E-state index contributed by atoms with van der Waals surface area (Å²) in [5.74, 6) is 0.549. The van der Waals surface area contributed by atoms with Gasteiger partial charge in [-0.05, 0) is 47.2 Å². The molecule has 35 heavy (non-hydrogen) atoms. The minimum absolute atomic E-state index is 0.319. The summed E-state index contributed by atoms with van der Waals surface area (Å²) in [4.78, 5) is 13.8. The monoisotopic (exact) mass is 495 g/mol. The molecular weight excluding hydrogens is 475 g/mol. The van der Waals surface area contributed by atoms with Crippen molar-refractivity contribution < 1.29 is 17.6 Å². The first kappa shape index (κ1) is 23.0. The van der Waals surface area contributed by atoms with Gasteiger partial charge in [-0.1, -0.05) is 35.6 Å². The number of anilines is 1. The first-order valence-corrected chi connectivity index (χ1v) is 11.6. The molecule has 3 heterocycles. The molecule has 0 radical (unpaired) electrons. The van der Waals surface area contributed by atoms with E-state index in [-0.39, 0.29) is 6.04 Å². The van der Waals surface area contributed by atoms with Gasteiger partial charge in [-0.15, -0.1) is 0 Å². The van der Waals surface area contributed by atoms with Gasteiger partial charge in [-0.3, -0.25) is 4.98 Å². The van der Waals surface area contributed by atoms with Crippen LogP contribution in [0.5, 0.6) is 0 Å². The molecule has 178 valence electrons. The van der Waals surface area contributed by atoms with E-state index in [1.807, 2.05) is 24.4 Å². The molecule has 0 saturated carbocycles. The van der Waals surface area contributed by atoms with E-state index in [0.717, 1.165) is 38.9 Å². The van der Waals surface area contributed by atoms with Crippen molar-refractivity contribution in [2.24, 2.45) is 5.73 Å². The minimum atomic E-state index is -4.35. The summed E-state index contributed by atoms with van der Waals surface area (Å²) >= 11 is 1.47. The highest BCUT2D eigenvalue weighted by molar-refractivity contribution is 7.19. The number of hydrogen-bond acceptors (Lipinski definition) is 7. The second-order valence-electron chi connectivity index (χ2n) is 8.04. The normalized spacial score (nSPS) is 12.7. The van der Waals surface area contributed by atoms with E-state index in [1.165, 1.54) is 29.9 Å². The second-order valence-corrected chi connectivity index (χ2v) is 9.04. The van der Waals surface area contributed by atoms with Crippen LogP contribution in [-0.4, -0.2) is 27.5 Å². The number of aromatic nitrogens is 3. The second kappa shape index (κ2) is 9.47. The lowest BCUT2D eigenvalue weighted by molar-refractivity contribution is -0.137. The summed E-state index contributed by atoms with van der Waals surface area (Å²) in [5.41, 5.74) is 7.96. The van der Waals surface area contributed by atoms with Crippen LogP contribution in [0, 0.1) is 0 Å². The number of nitrogens with one attached hydrogen (secondary N) is 1. The van der Waals surface area contributed by atoms with Gasteiger partial charge in [-0.25, -0.2) is 9.97 Å². The number of benzene rings is 2. The lowest BCUT2D eigenvalue weighted by Crippen LogP contribution is -2.31. The van der Waals surface area contributed by atoms with Crippen LogP contribution >= 0.6 is 11.3 Å². The van der Waals surface area contributed by atoms with Crippen LogP contribution < -0.4 is 11.1 Å². The van der Waals surface area contributed by atoms with Crippen LogP contribution in [0.1, 0.15) is 11.1 Å². The number of nitrogens with zero attached hydrogens (tertiary/aromatic N) is 3. The standard InChI is InChI=1S/C25H20F3N5OS/c26-25(27,28)19-5-1-15(2-6-19)9-20(29)12-32-24-33-22(21-13-31-14-34-21)23(35-24)17-3-4-18-11-30-8-7-16(18)10-17/h1-8,10-11,13-14,20H,9,12,29H2,(H,32,33)/t20-/m1/s1. The molecular formula is C25H20F3N5OS. The van der Waals surface area contributed by atoms with Gasteiger partial charge in [0.2, 0.25) is 0 Å². The Morgan fingerprint density at radius 3 is 2.57 bits per heavy atom. The van der Waals surface area contributed by atoms with Gasteiger partial charge < -0.3 is 15.5 Å². The van der Waals surface area contributed by atoms with Crippen LogP contribution in [0.2, 0.25) is 0 Å². The Balaban J connectivity index is 1.34. The maximum Gasteiger partial charge on any atom is 0.416 e. The molecule has 0 aliphatic rings. The number of hydrogen-bond donors (Lipinski definition) is 2. The molecule has 2 aromatic carbocycles. The van der Waals surface area contributed by atoms with Gasteiger partial charge in [0.05, 0.1) is 16.6 Å². The highest BCUT2D eigenvalue weighted by Gasteiger charge is 2.30. The lowest BCUT2D eigenvalue weighted by Gasteiger charge is -2.13. The van der Waals surface area contributed by atoms with E-state index in [1.54, 1.807) is 12.4 Å². The fourth-order valence-corrected chi connectivity index (χ4v) is 4.71. The maximum absolute atomic E-state index is 12.8. The van der Waals surface area contributed by atoms with Gasteiger partial charge >= 0.3 is 6.18 Å². The smallest absolute Gasteiger partial charge is 0.416 e. The quantitative estimate of drug-likeness (QED) is 0.287. The third kappa shape index (κ3) is 5.18. The highest BCUT2D eigenvalue weighted by Crippen LogP contribution is 2.40. The first-order chi connectivity index (χ1) is 16.9. The van der Waals surface area contributed by atoms with Gasteiger partial charge in [0.25, 0.3) is 0 Å². The van der Waals surface area contributed by atoms with Crippen LogP contribution in [0.25, 0.3) is 32.7 Å². The van der Waals surface area contributed by atoms with Crippen molar-refractivity contribution in [2.75, 3.05) is 11.9 Å². The van der Waals surface area contributed by atoms with Crippen molar-refractivity contribution in [3.05, 3.63) is 84.6 Å².